The van der Waals surface area contributed by atoms with Gasteiger partial charge in [-0.15, -0.1) is 0 Å². The van der Waals surface area contributed by atoms with E-state index in [0.29, 0.717) is 0 Å². The Bertz CT molecular complexity index is 1240. The van der Waals surface area contributed by atoms with Gasteiger partial charge in [0.25, 0.3) is 0 Å². The fraction of sp³-hybridized carbons (Fsp3) is 0.759. The Morgan fingerprint density at radius 2 is 0.694 bits per heavy atom. The lowest BCUT2D eigenvalue weighted by Crippen LogP contribution is -2.64. The van der Waals surface area contributed by atoms with Crippen LogP contribution in [0.5, 0.6) is 0 Å². The molecular weight excluding hydrogens is 668 g/mol. The normalized spacial score (nSPS) is 34.4. The second-order valence-corrected chi connectivity index (χ2v) is 11.1. The molecule has 0 saturated carbocycles. The SMILES string of the molecule is CC(=O)OC1OCC(OC2OCC(OC3OCC(O)C(OC(C)=O)C3OC(C)=O)C(OC(C)=O)C2OC(C)=O)C(OC(C)=O)C1OC(C)=O. The zero-order chi connectivity index (χ0) is 36.6. The average molecular weight is 709 g/mol. The molecule has 49 heavy (non-hydrogen) atoms. The van der Waals surface area contributed by atoms with Crippen LogP contribution in [0.4, 0.5) is 0 Å². The summed E-state index contributed by atoms with van der Waals surface area (Å²) in [5.41, 5.74) is 0. The van der Waals surface area contributed by atoms with Crippen molar-refractivity contribution in [3.05, 3.63) is 0 Å². The first-order valence-corrected chi connectivity index (χ1v) is 15.0. The third kappa shape index (κ3) is 11.3. The zero-order valence-electron chi connectivity index (χ0n) is 27.8. The van der Waals surface area contributed by atoms with Gasteiger partial charge in [0.2, 0.25) is 12.4 Å². The lowest BCUT2D eigenvalue weighted by molar-refractivity contribution is -0.349. The molecule has 3 heterocycles. The van der Waals surface area contributed by atoms with Crippen molar-refractivity contribution in [1.29, 1.82) is 0 Å². The molecule has 276 valence electrons. The van der Waals surface area contributed by atoms with Crippen LogP contribution < -0.4 is 0 Å². The van der Waals surface area contributed by atoms with Crippen molar-refractivity contribution in [2.24, 2.45) is 0 Å². The molecular formula is C29H40O20. The molecule has 12 atom stereocenters. The van der Waals surface area contributed by atoms with Crippen LogP contribution in [-0.2, 0) is 90.4 Å². The summed E-state index contributed by atoms with van der Waals surface area (Å²) in [6.07, 6.45) is -17.7. The monoisotopic (exact) mass is 708 g/mol. The number of aliphatic hydroxyl groups is 1. The van der Waals surface area contributed by atoms with Gasteiger partial charge in [-0.25, -0.2) is 0 Å². The van der Waals surface area contributed by atoms with E-state index >= 15 is 0 Å². The van der Waals surface area contributed by atoms with Crippen LogP contribution in [0.1, 0.15) is 48.5 Å². The first kappa shape index (κ1) is 39.5. The fourth-order valence-electron chi connectivity index (χ4n) is 5.27. The van der Waals surface area contributed by atoms with Gasteiger partial charge in [-0.1, -0.05) is 0 Å². The van der Waals surface area contributed by atoms with Gasteiger partial charge in [-0.05, 0) is 0 Å². The van der Waals surface area contributed by atoms with Gasteiger partial charge >= 0.3 is 41.8 Å². The molecule has 0 aromatic carbocycles. The molecule has 3 fully saturated rings. The number of hydrogen-bond donors (Lipinski definition) is 1. The Morgan fingerprint density at radius 1 is 0.408 bits per heavy atom. The maximum atomic E-state index is 12.3. The van der Waals surface area contributed by atoms with Crippen LogP contribution in [0.3, 0.4) is 0 Å². The summed E-state index contributed by atoms with van der Waals surface area (Å²) < 4.78 is 66.1. The van der Waals surface area contributed by atoms with Crippen molar-refractivity contribution in [3.63, 3.8) is 0 Å². The molecule has 0 bridgehead atoms. The standard InChI is InChI=1S/C29H40O20/c1-11(30)41-21-18(37)8-38-28(24(21)44-14(4)33)48-20-10-40-29(26(46-16(6)35)23(20)43-13(3)32)49-19-9-39-27(47-17(7)36)25(45-15(5)34)22(19)42-12(2)31/h18-29,37H,8-10H2,1-7H3. The quantitative estimate of drug-likeness (QED) is 0.186. The number of carbonyl (C=O) groups excluding carboxylic acids is 7. The molecule has 3 rings (SSSR count). The minimum Gasteiger partial charge on any atom is -0.455 e. The van der Waals surface area contributed by atoms with Gasteiger partial charge in [-0.3, -0.25) is 33.6 Å². The molecule has 20 nitrogen and oxygen atoms in total. The molecule has 3 aliphatic rings. The van der Waals surface area contributed by atoms with E-state index in [2.05, 4.69) is 0 Å². The van der Waals surface area contributed by atoms with Crippen molar-refractivity contribution in [2.75, 3.05) is 19.8 Å². The van der Waals surface area contributed by atoms with Gasteiger partial charge in [0.05, 0.1) is 19.8 Å². The lowest BCUT2D eigenvalue weighted by Gasteiger charge is -2.46. The van der Waals surface area contributed by atoms with E-state index < -0.39 is 135 Å². The number of carbonyl (C=O) groups is 7. The highest BCUT2D eigenvalue weighted by Crippen LogP contribution is 2.33. The summed E-state index contributed by atoms with van der Waals surface area (Å²) in [6, 6.07) is 0. The van der Waals surface area contributed by atoms with Gasteiger partial charge < -0.3 is 61.9 Å². The smallest absolute Gasteiger partial charge is 0.305 e. The minimum atomic E-state index is -1.60. The highest BCUT2D eigenvalue weighted by molar-refractivity contribution is 5.69. The summed E-state index contributed by atoms with van der Waals surface area (Å²) in [5.74, 6) is -5.85. The summed E-state index contributed by atoms with van der Waals surface area (Å²) in [7, 11) is 0. The Kier molecular flexibility index (Phi) is 14.2. The highest BCUT2D eigenvalue weighted by atomic mass is 16.8. The highest BCUT2D eigenvalue weighted by Gasteiger charge is 2.54. The summed E-state index contributed by atoms with van der Waals surface area (Å²) in [4.78, 5) is 84.0. The average Bonchev–Trinajstić information content (AvgIpc) is 2.96. The molecule has 0 amide bonds. The molecule has 3 aliphatic heterocycles. The number of aliphatic hydroxyl groups excluding tert-OH is 1. The predicted octanol–water partition coefficient (Wildman–Crippen LogP) is -1.66. The van der Waals surface area contributed by atoms with Crippen molar-refractivity contribution in [2.45, 2.75) is 122 Å². The van der Waals surface area contributed by atoms with Crippen molar-refractivity contribution in [3.8, 4) is 0 Å². The van der Waals surface area contributed by atoms with E-state index in [0.717, 1.165) is 48.5 Å². The van der Waals surface area contributed by atoms with Gasteiger partial charge in [0, 0.05) is 48.5 Å². The van der Waals surface area contributed by atoms with Crippen LogP contribution in [0.2, 0.25) is 0 Å². The molecule has 0 radical (unpaired) electrons. The predicted molar refractivity (Wildman–Crippen MR) is 150 cm³/mol. The van der Waals surface area contributed by atoms with E-state index in [1.165, 1.54) is 0 Å². The summed E-state index contributed by atoms with van der Waals surface area (Å²) in [6.45, 7) is 6.12. The third-order valence-electron chi connectivity index (χ3n) is 6.88. The zero-order valence-corrected chi connectivity index (χ0v) is 27.8. The van der Waals surface area contributed by atoms with Gasteiger partial charge in [0.1, 0.15) is 18.3 Å². The minimum absolute atomic E-state index is 0.428. The Hall–Kier alpha value is -3.95. The number of hydrogen-bond acceptors (Lipinski definition) is 20. The maximum Gasteiger partial charge on any atom is 0.305 e. The largest absolute Gasteiger partial charge is 0.455 e. The van der Waals surface area contributed by atoms with E-state index in [4.69, 9.17) is 56.8 Å². The number of ether oxygens (including phenoxy) is 12. The van der Waals surface area contributed by atoms with E-state index in [9.17, 15) is 38.7 Å². The topological polar surface area (TPSA) is 250 Å². The molecule has 0 aliphatic carbocycles. The van der Waals surface area contributed by atoms with Crippen LogP contribution in [0.15, 0.2) is 0 Å². The first-order valence-electron chi connectivity index (χ1n) is 15.0. The summed E-state index contributed by atoms with van der Waals surface area (Å²) in [5, 5.41) is 10.4. The Labute approximate surface area is 279 Å². The number of rotatable bonds is 11. The first-order chi connectivity index (χ1) is 23.0. The van der Waals surface area contributed by atoms with Crippen molar-refractivity contribution >= 4 is 41.8 Å². The molecule has 0 spiro atoms. The van der Waals surface area contributed by atoms with Crippen LogP contribution in [0, 0.1) is 0 Å². The maximum absolute atomic E-state index is 12.3. The molecule has 20 heteroatoms. The lowest BCUT2D eigenvalue weighted by atomic mass is 10.0. The van der Waals surface area contributed by atoms with Crippen molar-refractivity contribution in [1.82, 2.24) is 0 Å². The molecule has 3 saturated heterocycles. The second-order valence-electron chi connectivity index (χ2n) is 11.1. The molecule has 0 aromatic heterocycles. The Balaban J connectivity index is 1.93. The Morgan fingerprint density at radius 3 is 1.08 bits per heavy atom. The third-order valence-corrected chi connectivity index (χ3v) is 6.88. The summed E-state index contributed by atoms with van der Waals surface area (Å²) >= 11 is 0. The van der Waals surface area contributed by atoms with E-state index in [1.807, 2.05) is 0 Å². The second kappa shape index (κ2) is 17.6. The number of esters is 7. The van der Waals surface area contributed by atoms with E-state index in [-0.39, 0.29) is 0 Å². The van der Waals surface area contributed by atoms with Crippen LogP contribution in [0.25, 0.3) is 0 Å². The van der Waals surface area contributed by atoms with Crippen LogP contribution >= 0.6 is 0 Å². The van der Waals surface area contributed by atoms with Gasteiger partial charge in [0.15, 0.2) is 43.1 Å². The fourth-order valence-corrected chi connectivity index (χ4v) is 5.27. The molecule has 12 unspecified atom stereocenters. The van der Waals surface area contributed by atoms with E-state index in [1.54, 1.807) is 0 Å². The van der Waals surface area contributed by atoms with Gasteiger partial charge in [-0.2, -0.15) is 0 Å². The molecule has 1 N–H and O–H groups in total. The van der Waals surface area contributed by atoms with Crippen LogP contribution in [-0.4, -0.2) is 141 Å². The molecule has 0 aromatic rings. The van der Waals surface area contributed by atoms with Crippen molar-refractivity contribution < 1.29 is 95.5 Å².